The number of hydrogen-bond donors (Lipinski definition) is 1. The van der Waals surface area contributed by atoms with Crippen LogP contribution in [0.5, 0.6) is 0 Å². The summed E-state index contributed by atoms with van der Waals surface area (Å²) in [6.45, 7) is 4.98. The third kappa shape index (κ3) is 5.57. The number of hydrogen-bond acceptors (Lipinski definition) is 4. The Labute approximate surface area is 144 Å². The summed E-state index contributed by atoms with van der Waals surface area (Å²) in [6.07, 6.45) is 0.352. The lowest BCUT2D eigenvalue weighted by atomic mass is 9.99. The number of nitrogens with one attached hydrogen (secondary N) is 1. The lowest BCUT2D eigenvalue weighted by Crippen LogP contribution is -2.26. The Hall–Kier alpha value is -1.45. The van der Waals surface area contributed by atoms with E-state index in [1.54, 1.807) is 0 Å². The molecule has 0 spiro atoms. The molecule has 0 aromatic heterocycles. The standard InChI is InChI=1S/C19H26NO3P/c1-3-22-24(21,23-4-2)16-15-20-19(17-11-7-5-8-12-17)18-13-9-6-10-14-18/h5-14,19-20H,3-4,15-16H2,1-2H3. The van der Waals surface area contributed by atoms with E-state index in [4.69, 9.17) is 9.05 Å². The highest BCUT2D eigenvalue weighted by Gasteiger charge is 2.24. The van der Waals surface area contributed by atoms with Crippen molar-refractivity contribution >= 4 is 7.60 Å². The zero-order valence-corrected chi connectivity index (χ0v) is 15.2. The Kier molecular flexibility index (Phi) is 7.67. The molecule has 0 atom stereocenters. The highest BCUT2D eigenvalue weighted by atomic mass is 31.2. The van der Waals surface area contributed by atoms with Gasteiger partial charge in [0.2, 0.25) is 0 Å². The minimum absolute atomic E-state index is 0.0455. The predicted octanol–water partition coefficient (Wildman–Crippen LogP) is 4.63. The van der Waals surface area contributed by atoms with Crippen molar-refractivity contribution in [3.8, 4) is 0 Å². The molecule has 4 nitrogen and oxygen atoms in total. The summed E-state index contributed by atoms with van der Waals surface area (Å²) in [5.74, 6) is 0. The first kappa shape index (κ1) is 18.9. The Morgan fingerprint density at radius 3 is 1.75 bits per heavy atom. The summed E-state index contributed by atoms with van der Waals surface area (Å²) >= 11 is 0. The quantitative estimate of drug-likeness (QED) is 0.637. The third-order valence-electron chi connectivity index (χ3n) is 3.65. The van der Waals surface area contributed by atoms with Gasteiger partial charge in [0.25, 0.3) is 0 Å². The van der Waals surface area contributed by atoms with Gasteiger partial charge in [0.1, 0.15) is 0 Å². The second kappa shape index (κ2) is 9.75. The summed E-state index contributed by atoms with van der Waals surface area (Å²) in [6, 6.07) is 20.5. The zero-order chi connectivity index (χ0) is 17.3. The summed E-state index contributed by atoms with van der Waals surface area (Å²) < 4.78 is 23.3. The lowest BCUT2D eigenvalue weighted by molar-refractivity contribution is 0.220. The van der Waals surface area contributed by atoms with Gasteiger partial charge in [-0.1, -0.05) is 60.7 Å². The van der Waals surface area contributed by atoms with Gasteiger partial charge in [-0.25, -0.2) is 0 Å². The molecule has 0 aliphatic heterocycles. The van der Waals surface area contributed by atoms with E-state index in [0.29, 0.717) is 25.9 Å². The normalized spacial score (nSPS) is 11.8. The molecule has 0 aliphatic carbocycles. The van der Waals surface area contributed by atoms with Gasteiger partial charge in [-0.2, -0.15) is 0 Å². The highest BCUT2D eigenvalue weighted by molar-refractivity contribution is 7.53. The molecule has 2 rings (SSSR count). The monoisotopic (exact) mass is 347 g/mol. The van der Waals surface area contributed by atoms with Crippen LogP contribution in [0.3, 0.4) is 0 Å². The van der Waals surface area contributed by atoms with Crippen molar-refractivity contribution in [2.45, 2.75) is 19.9 Å². The van der Waals surface area contributed by atoms with Crippen LogP contribution >= 0.6 is 7.60 Å². The van der Waals surface area contributed by atoms with Crippen molar-refractivity contribution in [3.05, 3.63) is 71.8 Å². The maximum Gasteiger partial charge on any atom is 0.331 e. The molecule has 0 amide bonds. The molecule has 0 aliphatic rings. The molecule has 24 heavy (non-hydrogen) atoms. The first-order valence-corrected chi connectivity index (χ1v) is 10.1. The second-order valence-electron chi connectivity index (χ2n) is 5.38. The average Bonchev–Trinajstić information content (AvgIpc) is 2.61. The van der Waals surface area contributed by atoms with Crippen molar-refractivity contribution in [1.29, 1.82) is 0 Å². The van der Waals surface area contributed by atoms with Gasteiger partial charge in [-0.05, 0) is 25.0 Å². The van der Waals surface area contributed by atoms with Crippen molar-refractivity contribution in [3.63, 3.8) is 0 Å². The molecule has 5 heteroatoms. The summed E-state index contributed by atoms with van der Waals surface area (Å²) in [4.78, 5) is 0. The van der Waals surface area contributed by atoms with E-state index in [9.17, 15) is 4.57 Å². The van der Waals surface area contributed by atoms with Gasteiger partial charge in [0, 0.05) is 6.54 Å². The fraction of sp³-hybridized carbons (Fsp3) is 0.368. The maximum absolute atomic E-state index is 12.6. The van der Waals surface area contributed by atoms with E-state index in [1.807, 2.05) is 50.2 Å². The van der Waals surface area contributed by atoms with E-state index >= 15 is 0 Å². The third-order valence-corrected chi connectivity index (χ3v) is 5.73. The Morgan fingerprint density at radius 2 is 1.33 bits per heavy atom. The van der Waals surface area contributed by atoms with E-state index in [0.717, 1.165) is 0 Å². The Balaban J connectivity index is 2.08. The molecule has 0 radical (unpaired) electrons. The van der Waals surface area contributed by atoms with Gasteiger partial charge in [-0.3, -0.25) is 4.57 Å². The molecule has 0 unspecified atom stereocenters. The van der Waals surface area contributed by atoms with Gasteiger partial charge in [0.05, 0.1) is 25.4 Å². The Bertz CT molecular complexity index is 584. The summed E-state index contributed by atoms with van der Waals surface area (Å²) in [5, 5.41) is 3.49. The largest absolute Gasteiger partial charge is 0.331 e. The molecule has 0 bridgehead atoms. The predicted molar refractivity (Wildman–Crippen MR) is 98.5 cm³/mol. The van der Waals surface area contributed by atoms with Gasteiger partial charge >= 0.3 is 7.60 Å². The minimum atomic E-state index is -3.02. The van der Waals surface area contributed by atoms with E-state index in [-0.39, 0.29) is 6.04 Å². The van der Waals surface area contributed by atoms with Crippen molar-refractivity contribution < 1.29 is 13.6 Å². The van der Waals surface area contributed by atoms with Gasteiger partial charge in [0.15, 0.2) is 0 Å². The molecule has 0 saturated carbocycles. The van der Waals surface area contributed by atoms with Crippen LogP contribution in [0, 0.1) is 0 Å². The van der Waals surface area contributed by atoms with Gasteiger partial charge in [-0.15, -0.1) is 0 Å². The summed E-state index contributed by atoms with van der Waals surface area (Å²) in [7, 11) is -3.02. The van der Waals surface area contributed by atoms with Gasteiger partial charge < -0.3 is 14.4 Å². The molecule has 2 aromatic rings. The molecular formula is C19H26NO3P. The SMILES string of the molecule is CCOP(=O)(CCNC(c1ccccc1)c1ccccc1)OCC. The van der Waals surface area contributed by atoms with Crippen LogP contribution in [0.4, 0.5) is 0 Å². The first-order chi connectivity index (χ1) is 11.7. The lowest BCUT2D eigenvalue weighted by Gasteiger charge is -2.22. The smallest absolute Gasteiger partial charge is 0.309 e. The number of benzene rings is 2. The maximum atomic E-state index is 12.6. The van der Waals surface area contributed by atoms with Crippen LogP contribution in [0.2, 0.25) is 0 Å². The van der Waals surface area contributed by atoms with Crippen LogP contribution < -0.4 is 5.32 Å². The van der Waals surface area contributed by atoms with Crippen molar-refractivity contribution in [2.24, 2.45) is 0 Å². The van der Waals surface area contributed by atoms with E-state index in [1.165, 1.54) is 11.1 Å². The van der Waals surface area contributed by atoms with Crippen LogP contribution in [-0.2, 0) is 13.6 Å². The van der Waals surface area contributed by atoms with E-state index in [2.05, 4.69) is 29.6 Å². The van der Waals surface area contributed by atoms with E-state index < -0.39 is 7.60 Å². The molecule has 1 N–H and O–H groups in total. The second-order valence-corrected chi connectivity index (χ2v) is 7.56. The molecule has 2 aromatic carbocycles. The fourth-order valence-corrected chi connectivity index (χ4v) is 4.15. The van der Waals surface area contributed by atoms with Crippen LogP contribution in [-0.4, -0.2) is 25.9 Å². The van der Waals surface area contributed by atoms with Crippen molar-refractivity contribution in [2.75, 3.05) is 25.9 Å². The first-order valence-electron chi connectivity index (χ1n) is 8.40. The Morgan fingerprint density at radius 1 is 0.875 bits per heavy atom. The molecular weight excluding hydrogens is 321 g/mol. The topological polar surface area (TPSA) is 47.6 Å². The average molecular weight is 347 g/mol. The molecule has 130 valence electrons. The van der Waals surface area contributed by atoms with Crippen LogP contribution in [0.1, 0.15) is 31.0 Å². The zero-order valence-electron chi connectivity index (χ0n) is 14.4. The minimum Gasteiger partial charge on any atom is -0.309 e. The molecule has 0 heterocycles. The van der Waals surface area contributed by atoms with Crippen molar-refractivity contribution in [1.82, 2.24) is 5.32 Å². The van der Waals surface area contributed by atoms with Crippen LogP contribution in [0.25, 0.3) is 0 Å². The van der Waals surface area contributed by atoms with Crippen LogP contribution in [0.15, 0.2) is 60.7 Å². The summed E-state index contributed by atoms with van der Waals surface area (Å²) in [5.41, 5.74) is 2.35. The fourth-order valence-electron chi connectivity index (χ4n) is 2.62. The number of rotatable bonds is 10. The highest BCUT2D eigenvalue weighted by Crippen LogP contribution is 2.47. The molecule has 0 saturated heterocycles. The molecule has 0 fully saturated rings.